The predicted molar refractivity (Wildman–Crippen MR) is 129 cm³/mol. The molecule has 31 heavy (non-hydrogen) atoms. The second kappa shape index (κ2) is 8.41. The molecule has 2 aromatic heterocycles. The summed E-state index contributed by atoms with van der Waals surface area (Å²) in [6, 6.07) is 6.39. The van der Waals surface area contributed by atoms with E-state index in [-0.39, 0.29) is 0 Å². The van der Waals surface area contributed by atoms with Crippen molar-refractivity contribution in [2.24, 2.45) is 0 Å². The Morgan fingerprint density at radius 1 is 1.23 bits per heavy atom. The summed E-state index contributed by atoms with van der Waals surface area (Å²) in [7, 11) is 2.13. The standard InChI is InChI=1S/C21H22ClIN8/c1-30-6-4-13(5-7-30)15-8-12(10-24)9-16(18(15)22)27-21-28-19(26-14-2-3-14)20-25-11-17(23)31(20)29-21/h8-9,11,13-14H,2-7H2,1H3,(H2,26,27,28,29). The van der Waals surface area contributed by atoms with Crippen LogP contribution in [0.3, 0.4) is 0 Å². The monoisotopic (exact) mass is 548 g/mol. The summed E-state index contributed by atoms with van der Waals surface area (Å²) in [5.74, 6) is 1.45. The van der Waals surface area contributed by atoms with E-state index >= 15 is 0 Å². The molecule has 160 valence electrons. The van der Waals surface area contributed by atoms with Crippen molar-refractivity contribution in [2.45, 2.75) is 37.6 Å². The smallest absolute Gasteiger partial charge is 0.247 e. The molecule has 3 heterocycles. The van der Waals surface area contributed by atoms with E-state index in [1.165, 1.54) is 0 Å². The fraction of sp³-hybridized carbons (Fsp3) is 0.429. The number of nitrogens with zero attached hydrogens (tertiary/aromatic N) is 6. The van der Waals surface area contributed by atoms with Gasteiger partial charge in [0.25, 0.3) is 0 Å². The van der Waals surface area contributed by atoms with Crippen LogP contribution < -0.4 is 10.6 Å². The SMILES string of the molecule is CN1CCC(c2cc(C#N)cc(Nc3nc(NC4CC4)c4ncc(I)n4n3)c2Cl)CC1. The van der Waals surface area contributed by atoms with Crippen LogP contribution in [0.4, 0.5) is 17.5 Å². The molecule has 5 rings (SSSR count). The molecule has 10 heteroatoms. The number of rotatable bonds is 5. The van der Waals surface area contributed by atoms with Gasteiger partial charge in [-0.15, -0.1) is 5.10 Å². The third-order valence-corrected chi connectivity index (χ3v) is 7.03. The molecule has 0 unspecified atom stereocenters. The van der Waals surface area contributed by atoms with Crippen LogP contribution in [0, 0.1) is 15.0 Å². The summed E-state index contributed by atoms with van der Waals surface area (Å²) < 4.78 is 2.65. The molecule has 2 aliphatic rings. The molecule has 3 aromatic rings. The number of aromatic nitrogens is 4. The van der Waals surface area contributed by atoms with Gasteiger partial charge in [-0.3, -0.25) is 0 Å². The first-order valence-corrected chi connectivity index (χ1v) is 11.8. The quantitative estimate of drug-likeness (QED) is 0.457. The Kier molecular flexibility index (Phi) is 5.62. The summed E-state index contributed by atoms with van der Waals surface area (Å²) in [5.41, 5.74) is 2.95. The van der Waals surface area contributed by atoms with Crippen molar-refractivity contribution in [3.8, 4) is 6.07 Å². The second-order valence-electron chi connectivity index (χ2n) is 8.26. The van der Waals surface area contributed by atoms with Gasteiger partial charge in [0.15, 0.2) is 11.5 Å². The molecule has 0 radical (unpaired) electrons. The van der Waals surface area contributed by atoms with Gasteiger partial charge in [-0.05, 0) is 92.0 Å². The van der Waals surface area contributed by atoms with E-state index in [2.05, 4.69) is 66.3 Å². The maximum atomic E-state index is 9.60. The van der Waals surface area contributed by atoms with Crippen molar-refractivity contribution < 1.29 is 0 Å². The van der Waals surface area contributed by atoms with Crippen LogP contribution in [0.15, 0.2) is 18.3 Å². The Bertz CT molecular complexity index is 1170. The lowest BCUT2D eigenvalue weighted by Gasteiger charge is -2.30. The lowest BCUT2D eigenvalue weighted by Crippen LogP contribution is -2.29. The summed E-state index contributed by atoms with van der Waals surface area (Å²) in [6.07, 6.45) is 6.08. The third-order valence-electron chi connectivity index (χ3n) is 5.87. The number of nitrogens with one attached hydrogen (secondary N) is 2. The fourth-order valence-electron chi connectivity index (χ4n) is 3.96. The van der Waals surface area contributed by atoms with Gasteiger partial charge >= 0.3 is 0 Å². The van der Waals surface area contributed by atoms with Gasteiger partial charge in [0.05, 0.1) is 28.5 Å². The zero-order valence-corrected chi connectivity index (χ0v) is 20.0. The number of anilines is 3. The number of hydrogen-bond acceptors (Lipinski definition) is 7. The van der Waals surface area contributed by atoms with E-state index < -0.39 is 0 Å². The molecule has 0 atom stereocenters. The predicted octanol–water partition coefficient (Wildman–Crippen LogP) is 4.38. The van der Waals surface area contributed by atoms with E-state index in [4.69, 9.17) is 11.6 Å². The number of likely N-dealkylation sites (tertiary alicyclic amines) is 1. The highest BCUT2D eigenvalue weighted by Crippen LogP contribution is 2.38. The number of imidazole rings is 1. The van der Waals surface area contributed by atoms with Crippen LogP contribution >= 0.6 is 34.2 Å². The lowest BCUT2D eigenvalue weighted by molar-refractivity contribution is 0.255. The number of piperidine rings is 1. The highest BCUT2D eigenvalue weighted by Gasteiger charge is 2.25. The Morgan fingerprint density at radius 2 is 2.00 bits per heavy atom. The molecule has 1 aliphatic carbocycles. The molecule has 0 amide bonds. The van der Waals surface area contributed by atoms with E-state index in [9.17, 15) is 5.26 Å². The first-order chi connectivity index (χ1) is 15.0. The minimum Gasteiger partial charge on any atom is -0.364 e. The van der Waals surface area contributed by atoms with Gasteiger partial charge < -0.3 is 15.5 Å². The minimum absolute atomic E-state index is 0.336. The molecule has 1 saturated heterocycles. The molecular weight excluding hydrogens is 527 g/mol. The van der Waals surface area contributed by atoms with Crippen LogP contribution in [0.1, 0.15) is 42.7 Å². The number of halogens is 2. The Labute approximate surface area is 199 Å². The van der Waals surface area contributed by atoms with Gasteiger partial charge in [-0.2, -0.15) is 10.2 Å². The summed E-state index contributed by atoms with van der Waals surface area (Å²) in [5, 5.41) is 21.5. The van der Waals surface area contributed by atoms with E-state index in [1.807, 2.05) is 6.07 Å². The number of nitriles is 1. The highest BCUT2D eigenvalue weighted by atomic mass is 127. The first-order valence-electron chi connectivity index (χ1n) is 10.4. The normalized spacial score (nSPS) is 17.6. The van der Waals surface area contributed by atoms with Crippen LogP contribution in [0.2, 0.25) is 5.02 Å². The molecule has 1 saturated carbocycles. The molecule has 1 aromatic carbocycles. The average molecular weight is 549 g/mol. The number of benzene rings is 1. The van der Waals surface area contributed by atoms with Crippen molar-refractivity contribution in [2.75, 3.05) is 30.8 Å². The molecule has 1 aliphatic heterocycles. The molecular formula is C21H22ClIN8. The molecule has 2 N–H and O–H groups in total. The number of hydrogen-bond donors (Lipinski definition) is 2. The fourth-order valence-corrected chi connectivity index (χ4v) is 4.75. The molecule has 2 fully saturated rings. The van der Waals surface area contributed by atoms with Crippen molar-refractivity contribution in [1.82, 2.24) is 24.5 Å². The summed E-state index contributed by atoms with van der Waals surface area (Å²) >= 11 is 9.05. The summed E-state index contributed by atoms with van der Waals surface area (Å²) in [4.78, 5) is 11.4. The second-order valence-corrected chi connectivity index (χ2v) is 9.74. The van der Waals surface area contributed by atoms with Gasteiger partial charge in [-0.25, -0.2) is 9.50 Å². The van der Waals surface area contributed by atoms with Gasteiger partial charge in [0, 0.05) is 6.04 Å². The lowest BCUT2D eigenvalue weighted by atomic mass is 9.88. The van der Waals surface area contributed by atoms with Crippen LogP contribution in [-0.4, -0.2) is 50.7 Å². The van der Waals surface area contributed by atoms with Crippen molar-refractivity contribution in [3.63, 3.8) is 0 Å². The van der Waals surface area contributed by atoms with E-state index in [1.54, 1.807) is 16.8 Å². The first kappa shape index (κ1) is 20.7. The number of fused-ring (bicyclic) bond motifs is 1. The average Bonchev–Trinajstić information content (AvgIpc) is 3.51. The Hall–Kier alpha value is -2.16. The van der Waals surface area contributed by atoms with Gasteiger partial charge in [-0.1, -0.05) is 11.6 Å². The van der Waals surface area contributed by atoms with Crippen LogP contribution in [0.25, 0.3) is 5.65 Å². The van der Waals surface area contributed by atoms with Crippen molar-refractivity contribution in [1.29, 1.82) is 5.26 Å². The van der Waals surface area contributed by atoms with Crippen molar-refractivity contribution >= 4 is 57.3 Å². The summed E-state index contributed by atoms with van der Waals surface area (Å²) in [6.45, 7) is 2.05. The Balaban J connectivity index is 1.52. The highest BCUT2D eigenvalue weighted by molar-refractivity contribution is 14.1. The molecule has 0 spiro atoms. The van der Waals surface area contributed by atoms with Crippen LogP contribution in [-0.2, 0) is 0 Å². The molecule has 8 nitrogen and oxygen atoms in total. The van der Waals surface area contributed by atoms with E-state index in [0.29, 0.717) is 45.6 Å². The topological polar surface area (TPSA) is 94.2 Å². The van der Waals surface area contributed by atoms with Gasteiger partial charge in [0.1, 0.15) is 3.70 Å². The van der Waals surface area contributed by atoms with Crippen molar-refractivity contribution in [3.05, 3.63) is 38.2 Å². The zero-order valence-electron chi connectivity index (χ0n) is 17.1. The van der Waals surface area contributed by atoms with Gasteiger partial charge in [0.2, 0.25) is 5.95 Å². The Morgan fingerprint density at radius 3 is 2.71 bits per heavy atom. The third kappa shape index (κ3) is 4.29. The van der Waals surface area contributed by atoms with E-state index in [0.717, 1.165) is 48.0 Å². The largest absolute Gasteiger partial charge is 0.364 e. The van der Waals surface area contributed by atoms with Crippen LogP contribution in [0.5, 0.6) is 0 Å². The zero-order chi connectivity index (χ0) is 21.5. The minimum atomic E-state index is 0.336. The maximum Gasteiger partial charge on any atom is 0.247 e. The molecule has 0 bridgehead atoms. The maximum absolute atomic E-state index is 9.60.